The number of hydrogen-bond donors (Lipinski definition) is 0. The summed E-state index contributed by atoms with van der Waals surface area (Å²) in [4.78, 5) is 22.1. The maximum absolute atomic E-state index is 12.6. The Labute approximate surface area is 162 Å². The van der Waals surface area contributed by atoms with Gasteiger partial charge in [-0.1, -0.05) is 5.16 Å². The summed E-state index contributed by atoms with van der Waals surface area (Å²) in [5.41, 5.74) is 1.54. The van der Waals surface area contributed by atoms with Crippen molar-refractivity contribution in [2.24, 2.45) is 0 Å². The van der Waals surface area contributed by atoms with Crippen molar-refractivity contribution < 1.29 is 22.5 Å². The van der Waals surface area contributed by atoms with Crippen molar-refractivity contribution >= 4 is 5.91 Å². The molecule has 4 heterocycles. The predicted molar refractivity (Wildman–Crippen MR) is 92.4 cm³/mol. The van der Waals surface area contributed by atoms with Gasteiger partial charge in [-0.05, 0) is 31.0 Å². The Morgan fingerprint density at radius 1 is 1.17 bits per heavy atom. The minimum Gasteiger partial charge on any atom is -0.338 e. The number of amides is 1. The lowest BCUT2D eigenvalue weighted by Crippen LogP contribution is -2.39. The van der Waals surface area contributed by atoms with Crippen LogP contribution in [0, 0.1) is 0 Å². The minimum atomic E-state index is -4.69. The SMILES string of the molecule is O=C(c1ccnnc1)N1CCC[C@H](c2ccc(-c3noc(C(F)(F)F)n3)cn2)C1. The molecule has 3 aromatic rings. The second kappa shape index (κ2) is 7.57. The van der Waals surface area contributed by atoms with E-state index in [0.29, 0.717) is 24.2 Å². The van der Waals surface area contributed by atoms with Crippen molar-refractivity contribution in [3.63, 3.8) is 0 Å². The van der Waals surface area contributed by atoms with Gasteiger partial charge in [-0.2, -0.15) is 28.4 Å². The van der Waals surface area contributed by atoms with Crippen LogP contribution in [0.25, 0.3) is 11.4 Å². The van der Waals surface area contributed by atoms with Crippen molar-refractivity contribution in [2.75, 3.05) is 13.1 Å². The fourth-order valence-corrected chi connectivity index (χ4v) is 3.24. The number of halogens is 3. The summed E-state index contributed by atoms with van der Waals surface area (Å²) in [6.45, 7) is 1.13. The summed E-state index contributed by atoms with van der Waals surface area (Å²) >= 11 is 0. The Morgan fingerprint density at radius 3 is 2.69 bits per heavy atom. The summed E-state index contributed by atoms with van der Waals surface area (Å²) in [6.07, 6.45) is 1.29. The Morgan fingerprint density at radius 2 is 2.03 bits per heavy atom. The molecule has 0 radical (unpaired) electrons. The summed E-state index contributed by atoms with van der Waals surface area (Å²) < 4.78 is 42.0. The topological polar surface area (TPSA) is 97.9 Å². The standard InChI is InChI=1S/C18H15F3N6O2/c19-18(20,21)17-25-15(26-29-17)11-3-4-14(22-8-11)13-2-1-7-27(10-13)16(28)12-5-6-23-24-9-12/h3-6,8-9,13H,1-2,7,10H2/t13-/m0/s1. The highest BCUT2D eigenvalue weighted by atomic mass is 19.4. The molecule has 1 saturated heterocycles. The molecule has 0 spiro atoms. The van der Waals surface area contributed by atoms with Crippen LogP contribution in [-0.4, -0.2) is 49.2 Å². The first-order valence-corrected chi connectivity index (χ1v) is 8.85. The van der Waals surface area contributed by atoms with Gasteiger partial charge in [0.15, 0.2) is 0 Å². The van der Waals surface area contributed by atoms with Gasteiger partial charge < -0.3 is 9.42 Å². The molecule has 1 atom stereocenters. The Bertz CT molecular complexity index is 991. The normalized spacial score (nSPS) is 17.3. The highest BCUT2D eigenvalue weighted by molar-refractivity contribution is 5.93. The minimum absolute atomic E-state index is 0.0209. The number of carbonyl (C=O) groups is 1. The first-order valence-electron chi connectivity index (χ1n) is 8.85. The lowest BCUT2D eigenvalue weighted by atomic mass is 9.93. The third-order valence-electron chi connectivity index (χ3n) is 4.67. The molecule has 0 aromatic carbocycles. The number of pyridine rings is 1. The van der Waals surface area contributed by atoms with Gasteiger partial charge >= 0.3 is 12.1 Å². The monoisotopic (exact) mass is 404 g/mol. The van der Waals surface area contributed by atoms with Crippen LogP contribution in [0.1, 0.15) is 40.7 Å². The van der Waals surface area contributed by atoms with E-state index >= 15 is 0 Å². The van der Waals surface area contributed by atoms with Gasteiger partial charge in [0.25, 0.3) is 5.91 Å². The van der Waals surface area contributed by atoms with Crippen LogP contribution >= 0.6 is 0 Å². The second-order valence-corrected chi connectivity index (χ2v) is 6.61. The molecular formula is C18H15F3N6O2. The van der Waals surface area contributed by atoms with E-state index in [1.165, 1.54) is 18.6 Å². The maximum Gasteiger partial charge on any atom is 0.471 e. The number of aromatic nitrogens is 5. The Hall–Kier alpha value is -3.37. The molecule has 4 rings (SSSR count). The molecule has 0 bridgehead atoms. The second-order valence-electron chi connectivity index (χ2n) is 6.61. The highest BCUT2D eigenvalue weighted by Crippen LogP contribution is 2.30. The molecule has 1 aliphatic heterocycles. The number of nitrogens with zero attached hydrogens (tertiary/aromatic N) is 6. The van der Waals surface area contributed by atoms with E-state index in [0.717, 1.165) is 18.5 Å². The van der Waals surface area contributed by atoms with Crippen LogP contribution < -0.4 is 0 Å². The first-order chi connectivity index (χ1) is 13.9. The number of carbonyl (C=O) groups excluding carboxylic acids is 1. The number of rotatable bonds is 3. The van der Waals surface area contributed by atoms with Gasteiger partial charge in [-0.25, -0.2) is 0 Å². The summed E-state index contributed by atoms with van der Waals surface area (Å²) in [5, 5.41) is 10.8. The predicted octanol–water partition coefficient (Wildman–Crippen LogP) is 2.96. The van der Waals surface area contributed by atoms with Gasteiger partial charge in [-0.3, -0.25) is 9.78 Å². The lowest BCUT2D eigenvalue weighted by Gasteiger charge is -2.32. The van der Waals surface area contributed by atoms with E-state index < -0.39 is 12.1 Å². The quantitative estimate of drug-likeness (QED) is 0.662. The van der Waals surface area contributed by atoms with Crippen LogP contribution in [0.2, 0.25) is 0 Å². The molecule has 1 aliphatic rings. The van der Waals surface area contributed by atoms with E-state index in [1.54, 1.807) is 23.1 Å². The van der Waals surface area contributed by atoms with Crippen LogP contribution in [0.4, 0.5) is 13.2 Å². The van der Waals surface area contributed by atoms with Gasteiger partial charge in [0, 0.05) is 36.5 Å². The van der Waals surface area contributed by atoms with E-state index in [-0.39, 0.29) is 17.6 Å². The number of alkyl halides is 3. The molecule has 150 valence electrons. The zero-order valence-corrected chi connectivity index (χ0v) is 15.0. The Balaban J connectivity index is 1.47. The average Bonchev–Trinajstić information content (AvgIpc) is 3.25. The van der Waals surface area contributed by atoms with Crippen molar-refractivity contribution in [2.45, 2.75) is 24.9 Å². The smallest absolute Gasteiger partial charge is 0.338 e. The van der Waals surface area contributed by atoms with E-state index in [4.69, 9.17) is 0 Å². The maximum atomic E-state index is 12.6. The first kappa shape index (κ1) is 19.0. The number of piperidine rings is 1. The fourth-order valence-electron chi connectivity index (χ4n) is 3.24. The number of likely N-dealkylation sites (tertiary alicyclic amines) is 1. The summed E-state index contributed by atoms with van der Waals surface area (Å²) in [5.74, 6) is -1.68. The molecular weight excluding hydrogens is 389 g/mol. The van der Waals surface area contributed by atoms with Crippen LogP contribution in [0.5, 0.6) is 0 Å². The van der Waals surface area contributed by atoms with Crippen molar-refractivity contribution in [3.05, 3.63) is 53.9 Å². The molecule has 0 saturated carbocycles. The van der Waals surface area contributed by atoms with Gasteiger partial charge in [-0.15, -0.1) is 0 Å². The third kappa shape index (κ3) is 4.08. The van der Waals surface area contributed by atoms with Gasteiger partial charge in [0.05, 0.1) is 18.0 Å². The van der Waals surface area contributed by atoms with Crippen LogP contribution in [0.15, 0.2) is 41.3 Å². The van der Waals surface area contributed by atoms with Crippen molar-refractivity contribution in [1.29, 1.82) is 0 Å². The van der Waals surface area contributed by atoms with E-state index in [9.17, 15) is 18.0 Å². The van der Waals surface area contributed by atoms with Crippen molar-refractivity contribution in [3.8, 4) is 11.4 Å². The molecule has 11 heteroatoms. The fraction of sp³-hybridized carbons (Fsp3) is 0.333. The van der Waals surface area contributed by atoms with E-state index in [1.807, 2.05) is 0 Å². The molecule has 1 fully saturated rings. The molecule has 0 unspecified atom stereocenters. The molecule has 1 amide bonds. The molecule has 0 N–H and O–H groups in total. The molecule has 3 aromatic heterocycles. The summed E-state index contributed by atoms with van der Waals surface area (Å²) in [7, 11) is 0. The van der Waals surface area contributed by atoms with Crippen molar-refractivity contribution in [1.82, 2.24) is 30.2 Å². The highest BCUT2D eigenvalue weighted by Gasteiger charge is 2.38. The zero-order valence-electron chi connectivity index (χ0n) is 15.0. The van der Waals surface area contributed by atoms with E-state index in [2.05, 4.69) is 29.8 Å². The average molecular weight is 404 g/mol. The summed E-state index contributed by atoms with van der Waals surface area (Å²) in [6, 6.07) is 4.93. The number of hydrogen-bond acceptors (Lipinski definition) is 7. The Kier molecular flexibility index (Phi) is 4.95. The third-order valence-corrected chi connectivity index (χ3v) is 4.67. The van der Waals surface area contributed by atoms with Crippen LogP contribution in [-0.2, 0) is 6.18 Å². The molecule has 0 aliphatic carbocycles. The van der Waals surface area contributed by atoms with Gasteiger partial charge in [0.2, 0.25) is 5.82 Å². The lowest BCUT2D eigenvalue weighted by molar-refractivity contribution is -0.159. The molecule has 8 nitrogen and oxygen atoms in total. The zero-order chi connectivity index (χ0) is 20.4. The van der Waals surface area contributed by atoms with Crippen LogP contribution in [0.3, 0.4) is 0 Å². The van der Waals surface area contributed by atoms with Gasteiger partial charge in [0.1, 0.15) is 0 Å². The largest absolute Gasteiger partial charge is 0.471 e. The molecule has 29 heavy (non-hydrogen) atoms.